The molecule has 0 spiro atoms. The van der Waals surface area contributed by atoms with E-state index in [9.17, 15) is 4.79 Å². The Hall–Kier alpha value is -1.20. The van der Waals surface area contributed by atoms with Gasteiger partial charge < -0.3 is 4.90 Å². The normalized spacial score (nSPS) is 10.4. The maximum absolute atomic E-state index is 11.2. The molecule has 5 heteroatoms. The van der Waals surface area contributed by atoms with Crippen molar-refractivity contribution in [3.63, 3.8) is 0 Å². The van der Waals surface area contributed by atoms with Gasteiger partial charge in [-0.3, -0.25) is 4.79 Å². The zero-order chi connectivity index (χ0) is 11.5. The lowest BCUT2D eigenvalue weighted by atomic mass is 10.3. The number of rotatable bonds is 4. The summed E-state index contributed by atoms with van der Waals surface area (Å²) in [6.07, 6.45) is 1.65. The zero-order valence-electron chi connectivity index (χ0n) is 9.14. The average Bonchev–Trinajstić information content (AvgIpc) is 2.86. The first-order valence-corrected chi connectivity index (χ1v) is 6.61. The predicted molar refractivity (Wildman–Crippen MR) is 68.5 cm³/mol. The summed E-state index contributed by atoms with van der Waals surface area (Å²) in [6.45, 7) is 2.39. The van der Waals surface area contributed by atoms with Crippen molar-refractivity contribution in [3.05, 3.63) is 33.5 Å². The minimum Gasteiger partial charge on any atom is -0.347 e. The Kier molecular flexibility index (Phi) is 3.36. The van der Waals surface area contributed by atoms with Gasteiger partial charge in [0, 0.05) is 20.5 Å². The maximum atomic E-state index is 11.2. The number of nitrogens with zero attached hydrogens (tertiary/aromatic N) is 2. The van der Waals surface area contributed by atoms with Crippen molar-refractivity contribution in [2.24, 2.45) is 0 Å². The lowest BCUT2D eigenvalue weighted by Gasteiger charge is -2.14. The number of carbonyl (C=O) groups is 1. The average molecular weight is 252 g/mol. The third-order valence-electron chi connectivity index (χ3n) is 2.17. The summed E-state index contributed by atoms with van der Waals surface area (Å²) in [6, 6.07) is 2.10. The smallest absolute Gasteiger partial charge is 0.185 e. The van der Waals surface area contributed by atoms with Gasteiger partial charge in [0.25, 0.3) is 0 Å². The Balaban J connectivity index is 2.08. The molecule has 2 aromatic rings. The van der Waals surface area contributed by atoms with Crippen LogP contribution in [0.25, 0.3) is 0 Å². The number of thiazole rings is 1. The number of hydrogen-bond acceptors (Lipinski definition) is 5. The van der Waals surface area contributed by atoms with E-state index in [1.165, 1.54) is 16.9 Å². The number of Topliss-reactive ketones (excluding diaryl/α,β-unsaturated/α-hetero) is 1. The monoisotopic (exact) mass is 252 g/mol. The summed E-state index contributed by atoms with van der Waals surface area (Å²) in [5.41, 5.74) is 1.27. The third kappa shape index (κ3) is 2.48. The van der Waals surface area contributed by atoms with E-state index in [2.05, 4.69) is 26.7 Å². The number of ketones is 1. The van der Waals surface area contributed by atoms with Gasteiger partial charge in [-0.2, -0.15) is 11.3 Å². The van der Waals surface area contributed by atoms with Crippen LogP contribution in [0.4, 0.5) is 5.13 Å². The van der Waals surface area contributed by atoms with E-state index in [1.807, 2.05) is 7.05 Å². The molecule has 0 N–H and O–H groups in total. The first-order chi connectivity index (χ1) is 7.66. The van der Waals surface area contributed by atoms with Crippen molar-refractivity contribution < 1.29 is 4.79 Å². The number of thiophene rings is 1. The second-order valence-corrected chi connectivity index (χ2v) is 5.34. The van der Waals surface area contributed by atoms with Gasteiger partial charge in [0.05, 0.1) is 11.1 Å². The Morgan fingerprint density at radius 1 is 1.56 bits per heavy atom. The van der Waals surface area contributed by atoms with Gasteiger partial charge in [0.1, 0.15) is 0 Å². The SMILES string of the molecule is CC(=O)c1cnc(N(C)Cc2ccsc2)s1. The van der Waals surface area contributed by atoms with Crippen LogP contribution in [0.3, 0.4) is 0 Å². The van der Waals surface area contributed by atoms with Crippen LogP contribution < -0.4 is 4.90 Å². The lowest BCUT2D eigenvalue weighted by Crippen LogP contribution is -2.15. The van der Waals surface area contributed by atoms with E-state index in [4.69, 9.17) is 0 Å². The Morgan fingerprint density at radius 2 is 2.38 bits per heavy atom. The van der Waals surface area contributed by atoms with E-state index in [0.717, 1.165) is 11.7 Å². The van der Waals surface area contributed by atoms with Crippen LogP contribution in [0.15, 0.2) is 23.0 Å². The molecule has 0 saturated heterocycles. The third-order valence-corrected chi connectivity index (χ3v) is 4.11. The highest BCUT2D eigenvalue weighted by Crippen LogP contribution is 2.23. The molecule has 0 aliphatic rings. The van der Waals surface area contributed by atoms with E-state index in [1.54, 1.807) is 24.5 Å². The van der Waals surface area contributed by atoms with Crippen molar-refractivity contribution in [1.29, 1.82) is 0 Å². The minimum absolute atomic E-state index is 0.0766. The predicted octanol–water partition coefficient (Wildman–Crippen LogP) is 3.04. The molecule has 2 heterocycles. The molecule has 0 fully saturated rings. The lowest BCUT2D eigenvalue weighted by molar-refractivity contribution is 0.102. The molecule has 0 unspecified atom stereocenters. The van der Waals surface area contributed by atoms with Crippen molar-refractivity contribution in [2.75, 3.05) is 11.9 Å². The number of carbonyl (C=O) groups excluding carboxylic acids is 1. The van der Waals surface area contributed by atoms with Crippen LogP contribution in [0, 0.1) is 0 Å². The van der Waals surface area contributed by atoms with Gasteiger partial charge in [0.2, 0.25) is 0 Å². The first kappa shape index (κ1) is 11.3. The standard InChI is InChI=1S/C11H12N2OS2/c1-8(14)10-5-12-11(16-10)13(2)6-9-3-4-15-7-9/h3-5,7H,6H2,1-2H3. The Labute approximate surface area is 102 Å². The summed E-state index contributed by atoms with van der Waals surface area (Å²) in [4.78, 5) is 18.2. The molecule has 16 heavy (non-hydrogen) atoms. The summed E-state index contributed by atoms with van der Waals surface area (Å²) in [7, 11) is 1.99. The molecule has 84 valence electrons. The van der Waals surface area contributed by atoms with Crippen LogP contribution in [-0.2, 0) is 6.54 Å². The van der Waals surface area contributed by atoms with Crippen LogP contribution in [0.2, 0.25) is 0 Å². The molecule has 0 aliphatic carbocycles. The molecule has 0 bridgehead atoms. The van der Waals surface area contributed by atoms with E-state index in [0.29, 0.717) is 4.88 Å². The second kappa shape index (κ2) is 4.76. The number of anilines is 1. The molecular formula is C11H12N2OS2. The van der Waals surface area contributed by atoms with E-state index < -0.39 is 0 Å². The van der Waals surface area contributed by atoms with Crippen molar-refractivity contribution in [1.82, 2.24) is 4.98 Å². The van der Waals surface area contributed by atoms with Gasteiger partial charge in [-0.25, -0.2) is 4.98 Å². The molecule has 0 saturated carbocycles. The van der Waals surface area contributed by atoms with Crippen LogP contribution >= 0.6 is 22.7 Å². The molecular weight excluding hydrogens is 240 g/mol. The van der Waals surface area contributed by atoms with Gasteiger partial charge in [-0.05, 0) is 22.4 Å². The molecule has 0 amide bonds. The summed E-state index contributed by atoms with van der Waals surface area (Å²) in [5.74, 6) is 0.0766. The molecule has 0 radical (unpaired) electrons. The van der Waals surface area contributed by atoms with Gasteiger partial charge in [-0.15, -0.1) is 0 Å². The summed E-state index contributed by atoms with van der Waals surface area (Å²) in [5, 5.41) is 5.07. The minimum atomic E-state index is 0.0766. The van der Waals surface area contributed by atoms with Crippen LogP contribution in [0.5, 0.6) is 0 Å². The van der Waals surface area contributed by atoms with Crippen molar-refractivity contribution >= 4 is 33.6 Å². The quantitative estimate of drug-likeness (QED) is 0.784. The Morgan fingerprint density at radius 3 is 2.94 bits per heavy atom. The fourth-order valence-corrected chi connectivity index (χ4v) is 2.76. The fourth-order valence-electron chi connectivity index (χ4n) is 1.33. The van der Waals surface area contributed by atoms with Gasteiger partial charge >= 0.3 is 0 Å². The second-order valence-electron chi connectivity index (χ2n) is 3.55. The topological polar surface area (TPSA) is 33.2 Å². The number of hydrogen-bond donors (Lipinski definition) is 0. The van der Waals surface area contributed by atoms with Crippen LogP contribution in [0.1, 0.15) is 22.2 Å². The molecule has 0 aromatic carbocycles. The van der Waals surface area contributed by atoms with Crippen LogP contribution in [-0.4, -0.2) is 17.8 Å². The molecule has 0 atom stereocenters. The zero-order valence-corrected chi connectivity index (χ0v) is 10.8. The maximum Gasteiger partial charge on any atom is 0.185 e. The van der Waals surface area contributed by atoms with E-state index >= 15 is 0 Å². The van der Waals surface area contributed by atoms with Crippen molar-refractivity contribution in [3.8, 4) is 0 Å². The van der Waals surface area contributed by atoms with Gasteiger partial charge in [0.15, 0.2) is 10.9 Å². The molecule has 3 nitrogen and oxygen atoms in total. The summed E-state index contributed by atoms with van der Waals surface area (Å²) >= 11 is 3.13. The van der Waals surface area contributed by atoms with E-state index in [-0.39, 0.29) is 5.78 Å². The summed E-state index contributed by atoms with van der Waals surface area (Å²) < 4.78 is 0. The molecule has 0 aliphatic heterocycles. The van der Waals surface area contributed by atoms with Gasteiger partial charge in [-0.1, -0.05) is 11.3 Å². The highest BCUT2D eigenvalue weighted by molar-refractivity contribution is 7.17. The molecule has 2 aromatic heterocycles. The largest absolute Gasteiger partial charge is 0.347 e. The Bertz CT molecular complexity index is 476. The molecule has 2 rings (SSSR count). The van der Waals surface area contributed by atoms with Crippen molar-refractivity contribution in [2.45, 2.75) is 13.5 Å². The first-order valence-electron chi connectivity index (χ1n) is 4.86. The highest BCUT2D eigenvalue weighted by Gasteiger charge is 2.10. The fraction of sp³-hybridized carbons (Fsp3) is 0.273. The highest BCUT2D eigenvalue weighted by atomic mass is 32.1. The number of aromatic nitrogens is 1.